The Morgan fingerprint density at radius 2 is 1.96 bits per heavy atom. The molecule has 0 aliphatic rings. The smallest absolute Gasteiger partial charge is 0.205 e. The van der Waals surface area contributed by atoms with Crippen LogP contribution in [0.4, 0.5) is 0 Å². The van der Waals surface area contributed by atoms with E-state index in [4.69, 9.17) is 16.0 Å². The van der Waals surface area contributed by atoms with E-state index >= 15 is 0 Å². The molecule has 4 aromatic rings. The van der Waals surface area contributed by atoms with Gasteiger partial charge in [0.25, 0.3) is 0 Å². The molecule has 7 heteroatoms. The maximum absolute atomic E-state index is 5.90. The predicted molar refractivity (Wildman–Crippen MR) is 93.9 cm³/mol. The van der Waals surface area contributed by atoms with Crippen molar-refractivity contribution in [3.63, 3.8) is 0 Å². The number of rotatable bonds is 4. The molecule has 0 saturated carbocycles. The van der Waals surface area contributed by atoms with E-state index in [0.29, 0.717) is 16.7 Å². The Balaban J connectivity index is 1.52. The molecule has 4 nitrogen and oxygen atoms in total. The van der Waals surface area contributed by atoms with Gasteiger partial charge in [-0.15, -0.1) is 11.3 Å². The lowest BCUT2D eigenvalue weighted by Crippen LogP contribution is -1.85. The van der Waals surface area contributed by atoms with E-state index in [1.165, 1.54) is 0 Å². The van der Waals surface area contributed by atoms with Crippen molar-refractivity contribution >= 4 is 44.9 Å². The molecule has 0 aliphatic carbocycles. The summed E-state index contributed by atoms with van der Waals surface area (Å²) in [6.07, 6.45) is 3.33. The Labute approximate surface area is 145 Å². The van der Waals surface area contributed by atoms with Crippen molar-refractivity contribution in [3.05, 3.63) is 59.1 Å². The van der Waals surface area contributed by atoms with E-state index in [9.17, 15) is 0 Å². The number of benzene rings is 1. The van der Waals surface area contributed by atoms with Gasteiger partial charge in [0.1, 0.15) is 11.4 Å². The molecule has 3 heterocycles. The molecular weight excluding hydrogens is 350 g/mol. The first-order valence-electron chi connectivity index (χ1n) is 6.81. The molecule has 0 N–H and O–H groups in total. The first-order valence-corrected chi connectivity index (χ1v) is 9.05. The van der Waals surface area contributed by atoms with Crippen LogP contribution >= 0.6 is 34.7 Å². The fourth-order valence-electron chi connectivity index (χ4n) is 2.12. The molecule has 3 aromatic heterocycles. The molecule has 0 unspecified atom stereocenters. The van der Waals surface area contributed by atoms with Crippen molar-refractivity contribution in [2.75, 3.05) is 0 Å². The number of halogens is 1. The fraction of sp³-hybridized carbons (Fsp3) is 0.0625. The molecule has 23 heavy (non-hydrogen) atoms. The van der Waals surface area contributed by atoms with Gasteiger partial charge in [0.2, 0.25) is 5.89 Å². The zero-order valence-electron chi connectivity index (χ0n) is 11.8. The third-order valence-corrected chi connectivity index (χ3v) is 5.49. The van der Waals surface area contributed by atoms with Crippen molar-refractivity contribution < 1.29 is 4.42 Å². The number of oxazole rings is 1. The molecule has 0 radical (unpaired) electrons. The minimum absolute atomic E-state index is 0.623. The Kier molecular flexibility index (Phi) is 4.03. The lowest BCUT2D eigenvalue weighted by molar-refractivity contribution is 0.530. The molecule has 4 rings (SSSR count). The van der Waals surface area contributed by atoms with Gasteiger partial charge < -0.3 is 4.42 Å². The van der Waals surface area contributed by atoms with Gasteiger partial charge in [-0.3, -0.25) is 0 Å². The van der Waals surface area contributed by atoms with Gasteiger partial charge >= 0.3 is 0 Å². The van der Waals surface area contributed by atoms with Crippen molar-refractivity contribution in [3.8, 4) is 11.3 Å². The minimum Gasteiger partial charge on any atom is -0.440 e. The number of aromatic nitrogens is 3. The summed E-state index contributed by atoms with van der Waals surface area (Å²) in [5, 5.41) is 3.68. The largest absolute Gasteiger partial charge is 0.440 e. The molecule has 0 bridgehead atoms. The van der Waals surface area contributed by atoms with Crippen LogP contribution in [0.25, 0.3) is 21.5 Å². The maximum Gasteiger partial charge on any atom is 0.205 e. The normalized spacial score (nSPS) is 11.2. The number of hydrogen-bond donors (Lipinski definition) is 0. The second-order valence-corrected chi connectivity index (χ2v) is 7.04. The first kappa shape index (κ1) is 14.7. The van der Waals surface area contributed by atoms with Crippen LogP contribution in [0.1, 0.15) is 5.89 Å². The van der Waals surface area contributed by atoms with Crippen LogP contribution in [0, 0.1) is 0 Å². The number of hydrogen-bond acceptors (Lipinski definition) is 6. The van der Waals surface area contributed by atoms with Gasteiger partial charge in [-0.25, -0.2) is 15.0 Å². The molecular formula is C16H10ClN3OS2. The monoisotopic (exact) mass is 359 g/mol. The summed E-state index contributed by atoms with van der Waals surface area (Å²) >= 11 is 9.14. The third-order valence-electron chi connectivity index (χ3n) is 3.23. The van der Waals surface area contributed by atoms with Gasteiger partial charge in [0, 0.05) is 10.6 Å². The van der Waals surface area contributed by atoms with Gasteiger partial charge in [0.15, 0.2) is 5.76 Å². The maximum atomic E-state index is 5.90. The van der Waals surface area contributed by atoms with Crippen LogP contribution in [0.15, 0.2) is 57.7 Å². The third kappa shape index (κ3) is 3.10. The number of fused-ring (bicyclic) bond motifs is 1. The standard InChI is InChI=1S/C16H10ClN3OS2/c17-11-3-1-10(2-4-11)13-7-18-14(21-13)8-23-16-15-12(5-6-22-15)19-9-20-16/h1-7,9H,8H2. The summed E-state index contributed by atoms with van der Waals surface area (Å²) in [6.45, 7) is 0. The van der Waals surface area contributed by atoms with Crippen molar-refractivity contribution in [2.24, 2.45) is 0 Å². The second kappa shape index (κ2) is 6.31. The minimum atomic E-state index is 0.623. The zero-order valence-corrected chi connectivity index (χ0v) is 14.2. The first-order chi connectivity index (χ1) is 11.3. The van der Waals surface area contributed by atoms with Crippen LogP contribution in [-0.4, -0.2) is 15.0 Å². The van der Waals surface area contributed by atoms with Crippen LogP contribution in [-0.2, 0) is 5.75 Å². The number of thiophene rings is 1. The SMILES string of the molecule is Clc1ccc(-c2cnc(CSc3ncnc4ccsc34)o2)cc1. The van der Waals surface area contributed by atoms with Gasteiger partial charge in [-0.1, -0.05) is 23.4 Å². The van der Waals surface area contributed by atoms with E-state index in [2.05, 4.69) is 15.0 Å². The topological polar surface area (TPSA) is 51.8 Å². The second-order valence-electron chi connectivity index (χ2n) is 4.73. The highest BCUT2D eigenvalue weighted by Gasteiger charge is 2.10. The summed E-state index contributed by atoms with van der Waals surface area (Å²) in [7, 11) is 0. The molecule has 0 aliphatic heterocycles. The Hall–Kier alpha value is -1.89. The molecule has 114 valence electrons. The summed E-state index contributed by atoms with van der Waals surface area (Å²) in [5.74, 6) is 2.03. The van der Waals surface area contributed by atoms with Crippen molar-refractivity contribution in [1.82, 2.24) is 15.0 Å². The predicted octanol–water partition coefficient (Wildman–Crippen LogP) is 5.29. The number of thioether (sulfide) groups is 1. The van der Waals surface area contributed by atoms with E-state index in [0.717, 1.165) is 26.6 Å². The number of nitrogens with zero attached hydrogens (tertiary/aromatic N) is 3. The Morgan fingerprint density at radius 3 is 2.83 bits per heavy atom. The zero-order chi connectivity index (χ0) is 15.6. The average molecular weight is 360 g/mol. The molecule has 0 spiro atoms. The van der Waals surface area contributed by atoms with E-state index in [1.807, 2.05) is 35.7 Å². The van der Waals surface area contributed by atoms with Crippen LogP contribution in [0.5, 0.6) is 0 Å². The van der Waals surface area contributed by atoms with Crippen LogP contribution in [0.2, 0.25) is 5.02 Å². The lowest BCUT2D eigenvalue weighted by Gasteiger charge is -1.99. The summed E-state index contributed by atoms with van der Waals surface area (Å²) in [5.41, 5.74) is 1.93. The van der Waals surface area contributed by atoms with Gasteiger partial charge in [-0.2, -0.15) is 0 Å². The van der Waals surface area contributed by atoms with Gasteiger partial charge in [0.05, 0.1) is 22.2 Å². The fourth-order valence-corrected chi connectivity index (χ4v) is 4.05. The quantitative estimate of drug-likeness (QED) is 0.366. The molecule has 0 atom stereocenters. The van der Waals surface area contributed by atoms with Crippen molar-refractivity contribution in [2.45, 2.75) is 10.8 Å². The lowest BCUT2D eigenvalue weighted by atomic mass is 10.2. The highest BCUT2D eigenvalue weighted by atomic mass is 35.5. The summed E-state index contributed by atoms with van der Waals surface area (Å²) < 4.78 is 6.91. The van der Waals surface area contributed by atoms with Crippen LogP contribution < -0.4 is 0 Å². The van der Waals surface area contributed by atoms with Crippen LogP contribution in [0.3, 0.4) is 0 Å². The molecule has 1 aromatic carbocycles. The average Bonchev–Trinajstić information content (AvgIpc) is 3.23. The van der Waals surface area contributed by atoms with Gasteiger partial charge in [-0.05, 0) is 35.7 Å². The summed E-state index contributed by atoms with van der Waals surface area (Å²) in [4.78, 5) is 12.9. The van der Waals surface area contributed by atoms with Crippen molar-refractivity contribution in [1.29, 1.82) is 0 Å². The molecule has 0 fully saturated rings. The summed E-state index contributed by atoms with van der Waals surface area (Å²) in [6, 6.07) is 9.50. The molecule has 0 amide bonds. The highest BCUT2D eigenvalue weighted by molar-refractivity contribution is 7.98. The molecule has 0 saturated heterocycles. The Bertz CT molecular complexity index is 949. The Morgan fingerprint density at radius 1 is 1.09 bits per heavy atom. The van der Waals surface area contributed by atoms with E-state index in [1.54, 1.807) is 35.6 Å². The van der Waals surface area contributed by atoms with E-state index < -0.39 is 0 Å². The highest BCUT2D eigenvalue weighted by Crippen LogP contribution is 2.31. The van der Waals surface area contributed by atoms with E-state index in [-0.39, 0.29) is 0 Å².